The van der Waals surface area contributed by atoms with Crippen molar-refractivity contribution in [1.29, 1.82) is 0 Å². The van der Waals surface area contributed by atoms with E-state index in [1.165, 1.54) is 24.2 Å². The maximum atomic E-state index is 12.5. The van der Waals surface area contributed by atoms with Crippen molar-refractivity contribution >= 4 is 27.3 Å². The van der Waals surface area contributed by atoms with Gasteiger partial charge < -0.3 is 5.32 Å². The molecule has 2 heterocycles. The molecule has 134 valence electrons. The predicted octanol–water partition coefficient (Wildman–Crippen LogP) is 2.77. The van der Waals surface area contributed by atoms with Crippen LogP contribution in [0.5, 0.6) is 0 Å². The third-order valence-corrected chi connectivity index (χ3v) is 8.38. The first kappa shape index (κ1) is 17.9. The molecule has 1 amide bonds. The van der Waals surface area contributed by atoms with Crippen LogP contribution in [0.15, 0.2) is 16.3 Å². The van der Waals surface area contributed by atoms with Crippen LogP contribution < -0.4 is 5.32 Å². The molecule has 1 aliphatic heterocycles. The minimum atomic E-state index is -3.37. The van der Waals surface area contributed by atoms with Gasteiger partial charge in [-0.2, -0.15) is 4.31 Å². The standard InChI is InChI=1S/C17H26N2O3S2/c1-13-5-4-6-14(11-13)18-16(20)12-15-7-8-17(23-15)24(21,22)19-9-2-3-10-19/h7-8,13-14H,2-6,9-12H2,1H3,(H,18,20). The normalized spacial score (nSPS) is 25.7. The van der Waals surface area contributed by atoms with Crippen LogP contribution >= 0.6 is 11.3 Å². The Morgan fingerprint density at radius 3 is 2.71 bits per heavy atom. The molecule has 0 bridgehead atoms. The molecule has 3 rings (SSSR count). The summed E-state index contributed by atoms with van der Waals surface area (Å²) in [5.74, 6) is 0.670. The highest BCUT2D eigenvalue weighted by Crippen LogP contribution is 2.28. The van der Waals surface area contributed by atoms with Crippen molar-refractivity contribution in [2.75, 3.05) is 13.1 Å². The number of carbonyl (C=O) groups is 1. The SMILES string of the molecule is CC1CCCC(NC(=O)Cc2ccc(S(=O)(=O)N3CCCC3)s2)C1. The second-order valence-electron chi connectivity index (χ2n) is 7.04. The Hall–Kier alpha value is -0.920. The lowest BCUT2D eigenvalue weighted by atomic mass is 9.87. The molecule has 5 nitrogen and oxygen atoms in total. The van der Waals surface area contributed by atoms with Crippen molar-refractivity contribution in [2.45, 2.75) is 62.1 Å². The highest BCUT2D eigenvalue weighted by atomic mass is 32.2. The molecule has 7 heteroatoms. The minimum Gasteiger partial charge on any atom is -0.353 e. The molecule has 1 N–H and O–H groups in total. The second-order valence-corrected chi connectivity index (χ2v) is 10.4. The largest absolute Gasteiger partial charge is 0.353 e. The average molecular weight is 371 g/mol. The summed E-state index contributed by atoms with van der Waals surface area (Å²) in [6.07, 6.45) is 6.64. The lowest BCUT2D eigenvalue weighted by Crippen LogP contribution is -2.38. The number of rotatable bonds is 5. The monoisotopic (exact) mass is 370 g/mol. The van der Waals surface area contributed by atoms with Crippen LogP contribution in [0.3, 0.4) is 0 Å². The summed E-state index contributed by atoms with van der Waals surface area (Å²) in [4.78, 5) is 13.1. The van der Waals surface area contributed by atoms with Crippen molar-refractivity contribution in [3.8, 4) is 0 Å². The fraction of sp³-hybridized carbons (Fsp3) is 0.706. The number of hydrogen-bond donors (Lipinski definition) is 1. The van der Waals surface area contributed by atoms with E-state index >= 15 is 0 Å². The van der Waals surface area contributed by atoms with Crippen molar-refractivity contribution in [3.63, 3.8) is 0 Å². The quantitative estimate of drug-likeness (QED) is 0.867. The highest BCUT2D eigenvalue weighted by molar-refractivity contribution is 7.91. The summed E-state index contributed by atoms with van der Waals surface area (Å²) in [6.45, 7) is 3.44. The van der Waals surface area contributed by atoms with Gasteiger partial charge in [-0.3, -0.25) is 4.79 Å². The van der Waals surface area contributed by atoms with E-state index in [4.69, 9.17) is 0 Å². The second kappa shape index (κ2) is 7.54. The molecule has 0 spiro atoms. The molecule has 2 fully saturated rings. The molecule has 1 aromatic heterocycles. The van der Waals surface area contributed by atoms with Crippen LogP contribution in [0.2, 0.25) is 0 Å². The van der Waals surface area contributed by atoms with Crippen LogP contribution in [-0.4, -0.2) is 37.8 Å². The van der Waals surface area contributed by atoms with Gasteiger partial charge >= 0.3 is 0 Å². The smallest absolute Gasteiger partial charge is 0.252 e. The predicted molar refractivity (Wildman–Crippen MR) is 95.6 cm³/mol. The first-order chi connectivity index (χ1) is 11.4. The molecule has 1 saturated carbocycles. The number of nitrogens with one attached hydrogen (secondary N) is 1. The molecule has 1 saturated heterocycles. The van der Waals surface area contributed by atoms with Crippen molar-refractivity contribution in [3.05, 3.63) is 17.0 Å². The summed E-state index contributed by atoms with van der Waals surface area (Å²) in [6, 6.07) is 3.69. The van der Waals surface area contributed by atoms with Crippen LogP contribution in [0, 0.1) is 5.92 Å². The summed E-state index contributed by atoms with van der Waals surface area (Å²) in [7, 11) is -3.37. The Labute approximate surface area is 148 Å². The number of carbonyl (C=O) groups excluding carboxylic acids is 1. The Kier molecular flexibility index (Phi) is 5.62. The van der Waals surface area contributed by atoms with E-state index < -0.39 is 10.0 Å². The number of amides is 1. The van der Waals surface area contributed by atoms with E-state index in [9.17, 15) is 13.2 Å². The van der Waals surface area contributed by atoms with E-state index in [0.29, 0.717) is 23.2 Å². The summed E-state index contributed by atoms with van der Waals surface area (Å²) >= 11 is 1.23. The summed E-state index contributed by atoms with van der Waals surface area (Å²) in [5, 5.41) is 3.11. The van der Waals surface area contributed by atoms with Gasteiger partial charge in [0.1, 0.15) is 4.21 Å². The Morgan fingerprint density at radius 1 is 1.25 bits per heavy atom. The fourth-order valence-electron chi connectivity index (χ4n) is 3.65. The van der Waals surface area contributed by atoms with Gasteiger partial charge in [0.2, 0.25) is 5.91 Å². The minimum absolute atomic E-state index is 0.000991. The highest BCUT2D eigenvalue weighted by Gasteiger charge is 2.28. The number of nitrogens with zero attached hydrogens (tertiary/aromatic N) is 1. The number of sulfonamides is 1. The molecule has 2 unspecified atom stereocenters. The number of hydrogen-bond acceptors (Lipinski definition) is 4. The van der Waals surface area contributed by atoms with E-state index in [-0.39, 0.29) is 18.4 Å². The maximum Gasteiger partial charge on any atom is 0.252 e. The molecular weight excluding hydrogens is 344 g/mol. The zero-order valence-corrected chi connectivity index (χ0v) is 15.8. The van der Waals surface area contributed by atoms with Crippen LogP contribution in [0.25, 0.3) is 0 Å². The van der Waals surface area contributed by atoms with Gasteiger partial charge in [0.25, 0.3) is 10.0 Å². The van der Waals surface area contributed by atoms with Gasteiger partial charge in [-0.25, -0.2) is 8.42 Å². The average Bonchev–Trinajstić information content (AvgIpc) is 3.18. The van der Waals surface area contributed by atoms with E-state index in [0.717, 1.165) is 30.6 Å². The molecule has 0 radical (unpaired) electrons. The van der Waals surface area contributed by atoms with Gasteiger partial charge in [0, 0.05) is 24.0 Å². The van der Waals surface area contributed by atoms with E-state index in [1.54, 1.807) is 16.4 Å². The third kappa shape index (κ3) is 4.18. The lowest BCUT2D eigenvalue weighted by molar-refractivity contribution is -0.121. The maximum absolute atomic E-state index is 12.5. The molecule has 24 heavy (non-hydrogen) atoms. The lowest BCUT2D eigenvalue weighted by Gasteiger charge is -2.27. The Balaban J connectivity index is 1.58. The first-order valence-electron chi connectivity index (χ1n) is 8.83. The molecule has 2 aliphatic rings. The van der Waals surface area contributed by atoms with Gasteiger partial charge in [0.05, 0.1) is 6.42 Å². The Bertz CT molecular complexity index is 678. The summed E-state index contributed by atoms with van der Waals surface area (Å²) in [5.41, 5.74) is 0. The van der Waals surface area contributed by atoms with Gasteiger partial charge in [-0.05, 0) is 43.7 Å². The fourth-order valence-corrected chi connectivity index (χ4v) is 6.68. The Morgan fingerprint density at radius 2 is 2.00 bits per heavy atom. The first-order valence-corrected chi connectivity index (χ1v) is 11.1. The molecule has 1 aliphatic carbocycles. The topological polar surface area (TPSA) is 66.5 Å². The van der Waals surface area contributed by atoms with Gasteiger partial charge in [-0.15, -0.1) is 11.3 Å². The van der Waals surface area contributed by atoms with Crippen molar-refractivity contribution < 1.29 is 13.2 Å². The zero-order chi connectivity index (χ0) is 17.2. The van der Waals surface area contributed by atoms with E-state index in [2.05, 4.69) is 12.2 Å². The molecule has 1 aromatic rings. The number of thiophene rings is 1. The van der Waals surface area contributed by atoms with E-state index in [1.807, 2.05) is 0 Å². The van der Waals surface area contributed by atoms with Gasteiger partial charge in [-0.1, -0.05) is 19.8 Å². The summed E-state index contributed by atoms with van der Waals surface area (Å²) < 4.78 is 27.0. The van der Waals surface area contributed by atoms with Crippen LogP contribution in [0.4, 0.5) is 0 Å². The molecular formula is C17H26N2O3S2. The molecule has 0 aromatic carbocycles. The van der Waals surface area contributed by atoms with Crippen molar-refractivity contribution in [1.82, 2.24) is 9.62 Å². The van der Waals surface area contributed by atoms with Gasteiger partial charge in [0.15, 0.2) is 0 Å². The third-order valence-electron chi connectivity index (χ3n) is 4.93. The molecule has 2 atom stereocenters. The van der Waals surface area contributed by atoms with Crippen LogP contribution in [-0.2, 0) is 21.2 Å². The van der Waals surface area contributed by atoms with Crippen LogP contribution in [0.1, 0.15) is 50.3 Å². The zero-order valence-electron chi connectivity index (χ0n) is 14.2. The van der Waals surface area contributed by atoms with Crippen molar-refractivity contribution in [2.24, 2.45) is 5.92 Å².